The summed E-state index contributed by atoms with van der Waals surface area (Å²) in [6.45, 7) is -0.634. The van der Waals surface area contributed by atoms with Crippen molar-refractivity contribution in [3.05, 3.63) is 47.5 Å². The first-order valence-corrected chi connectivity index (χ1v) is 9.06. The van der Waals surface area contributed by atoms with Crippen LogP contribution in [0.5, 0.6) is 17.2 Å². The molecule has 0 aliphatic carbocycles. The molecule has 0 aliphatic rings. The summed E-state index contributed by atoms with van der Waals surface area (Å²) in [4.78, 5) is 10.1. The summed E-state index contributed by atoms with van der Waals surface area (Å²) in [5.74, 6) is -0.757. The van der Waals surface area contributed by atoms with Gasteiger partial charge in [-0.3, -0.25) is 0 Å². The molecule has 8 heteroatoms. The first-order chi connectivity index (χ1) is 9.77. The number of hydrogen-bond donors (Lipinski definition) is 2. The maximum Gasteiger partial charge on any atom is 1.00 e. The largest absolute Gasteiger partial charge is 1.00 e. The third-order valence-electron chi connectivity index (χ3n) is 2.64. The fourth-order valence-corrected chi connectivity index (χ4v) is 4.19. The first kappa shape index (κ1) is 19.4. The van der Waals surface area contributed by atoms with Crippen LogP contribution < -0.4 is 39.2 Å². The van der Waals surface area contributed by atoms with E-state index in [4.69, 9.17) is 4.52 Å². The Balaban J connectivity index is 0.00000242. The van der Waals surface area contributed by atoms with Crippen molar-refractivity contribution < 1.29 is 53.8 Å². The zero-order valence-corrected chi connectivity index (χ0v) is 16.1. The van der Waals surface area contributed by atoms with Crippen LogP contribution in [0.1, 0.15) is 11.1 Å². The molecule has 0 heterocycles. The Morgan fingerprint density at radius 1 is 1.14 bits per heavy atom. The fraction of sp³-hybridized carbons (Fsp3) is 0.143. The molecule has 0 radical (unpaired) electrons. The molecule has 2 aromatic rings. The van der Waals surface area contributed by atoms with Gasteiger partial charge >= 0.3 is 36.4 Å². The number of hydrogen-bond acceptors (Lipinski definition) is 5. The van der Waals surface area contributed by atoms with Crippen molar-refractivity contribution in [2.24, 2.45) is 0 Å². The van der Waals surface area contributed by atoms with Crippen LogP contribution in [0.15, 0.2) is 41.3 Å². The molecule has 0 spiro atoms. The number of rotatable bonds is 4. The summed E-state index contributed by atoms with van der Waals surface area (Å²) < 4.78 is 17.0. The van der Waals surface area contributed by atoms with Crippen molar-refractivity contribution >= 4 is 18.2 Å². The van der Waals surface area contributed by atoms with Crippen LogP contribution in [-0.4, -0.2) is 10.00 Å². The topological polar surface area (TPSA) is 89.8 Å². The third kappa shape index (κ3) is 5.23. The minimum atomic E-state index is -4.16. The van der Waals surface area contributed by atoms with Crippen molar-refractivity contribution in [3.8, 4) is 17.2 Å². The van der Waals surface area contributed by atoms with Gasteiger partial charge in [-0.1, -0.05) is 29.5 Å². The molecule has 0 saturated heterocycles. The van der Waals surface area contributed by atoms with Crippen LogP contribution in [0.3, 0.4) is 0 Å². The Morgan fingerprint density at radius 2 is 1.73 bits per heavy atom. The third-order valence-corrected chi connectivity index (χ3v) is 5.35. The van der Waals surface area contributed by atoms with Gasteiger partial charge < -0.3 is 19.6 Å². The van der Waals surface area contributed by atoms with Gasteiger partial charge in [-0.05, 0) is 37.6 Å². The Kier molecular flexibility index (Phi) is 6.86. The van der Waals surface area contributed by atoms with E-state index in [1.54, 1.807) is 26.0 Å². The van der Waals surface area contributed by atoms with Crippen LogP contribution in [0.2, 0.25) is 0 Å². The fourth-order valence-electron chi connectivity index (χ4n) is 1.66. The second kappa shape index (κ2) is 7.77. The summed E-state index contributed by atoms with van der Waals surface area (Å²) in [7, 11) is 0. The van der Waals surface area contributed by atoms with E-state index in [0.717, 1.165) is 11.1 Å². The van der Waals surface area contributed by atoms with Crippen LogP contribution in [0, 0.1) is 13.8 Å². The Labute approximate surface area is 154 Å². The molecule has 2 aromatic carbocycles. The van der Waals surface area contributed by atoms with Gasteiger partial charge in [0.15, 0.2) is 0 Å². The first-order valence-electron chi connectivity index (χ1n) is 6.06. The van der Waals surface area contributed by atoms with E-state index in [1.807, 2.05) is 0 Å². The van der Waals surface area contributed by atoms with Gasteiger partial charge in [0.1, 0.15) is 11.5 Å². The average Bonchev–Trinajstić information content (AvgIpc) is 2.36. The molecular formula is C14H14NaO5PS. The van der Waals surface area contributed by atoms with Gasteiger partial charge in [0.25, 0.3) is 0 Å². The molecule has 5 nitrogen and oxygen atoms in total. The average molecular weight is 348 g/mol. The molecule has 0 aromatic heterocycles. The van der Waals surface area contributed by atoms with Crippen molar-refractivity contribution in [1.29, 1.82) is 0 Å². The van der Waals surface area contributed by atoms with Crippen LogP contribution >= 0.6 is 18.2 Å². The predicted octanol–water partition coefficient (Wildman–Crippen LogP) is 0.358. The summed E-state index contributed by atoms with van der Waals surface area (Å²) in [6.07, 6.45) is 0. The van der Waals surface area contributed by atoms with Crippen molar-refractivity contribution in [3.63, 3.8) is 0 Å². The zero-order chi connectivity index (χ0) is 15.6. The molecule has 2 N–H and O–H groups in total. The van der Waals surface area contributed by atoms with Crippen LogP contribution in [0.25, 0.3) is 0 Å². The van der Waals surface area contributed by atoms with Gasteiger partial charge in [-0.15, -0.1) is 0 Å². The van der Waals surface area contributed by atoms with E-state index < -0.39 is 12.5 Å². The van der Waals surface area contributed by atoms with Gasteiger partial charge in [0, 0.05) is 11.4 Å². The second-order valence-corrected chi connectivity index (χ2v) is 8.25. The van der Waals surface area contributed by atoms with Gasteiger partial charge in [0.05, 0.1) is 4.90 Å². The van der Waals surface area contributed by atoms with E-state index >= 15 is 0 Å². The minimum Gasteiger partial charge on any atom is -0.870 e. The zero-order valence-electron chi connectivity index (χ0n) is 12.4. The van der Waals surface area contributed by atoms with E-state index in [0.29, 0.717) is 11.4 Å². The number of aromatic hydroxyl groups is 1. The van der Waals surface area contributed by atoms with Gasteiger partial charge in [0.2, 0.25) is 0 Å². The van der Waals surface area contributed by atoms with Crippen LogP contribution in [0.4, 0.5) is 0 Å². The predicted molar refractivity (Wildman–Crippen MR) is 79.8 cm³/mol. The van der Waals surface area contributed by atoms with Crippen molar-refractivity contribution in [1.82, 2.24) is 0 Å². The molecule has 112 valence electrons. The Hall–Kier alpha value is -0.620. The summed E-state index contributed by atoms with van der Waals surface area (Å²) in [6, 6.07) is 9.00. The quantitative estimate of drug-likeness (QED) is 0.613. The monoisotopic (exact) mass is 348 g/mol. The van der Waals surface area contributed by atoms with E-state index in [1.165, 1.54) is 24.3 Å². The molecule has 0 aliphatic heterocycles. The van der Waals surface area contributed by atoms with E-state index in [2.05, 4.69) is 0 Å². The number of phenols is 1. The Bertz CT molecular complexity index is 665. The smallest absolute Gasteiger partial charge is 0.870 e. The molecule has 22 heavy (non-hydrogen) atoms. The van der Waals surface area contributed by atoms with Crippen molar-refractivity contribution in [2.75, 3.05) is 0 Å². The SMILES string of the molecule is Cc1ccc(OP(=O)(O)Sc2ccc(C)cc2O)c([O-])c1.[Na+]. The second-order valence-electron chi connectivity index (χ2n) is 4.57. The van der Waals surface area contributed by atoms with E-state index in [9.17, 15) is 19.7 Å². The summed E-state index contributed by atoms with van der Waals surface area (Å²) in [5, 5.41) is 21.4. The normalized spacial score (nSPS) is 13.0. The molecule has 2 rings (SSSR count). The summed E-state index contributed by atoms with van der Waals surface area (Å²) >= 11 is 0.489. The Morgan fingerprint density at radius 3 is 2.32 bits per heavy atom. The standard InChI is InChI=1S/C14H15O5PS.Na/c1-9-3-5-13(11(15)7-9)19-20(17,18)21-14-6-4-10(2)8-12(14)16;/h3-8,15-16H,1-2H3,(H,17,18);/q;+1/p-1. The van der Waals surface area contributed by atoms with Crippen molar-refractivity contribution in [2.45, 2.75) is 18.7 Å². The number of aryl methyl sites for hydroxylation is 2. The van der Waals surface area contributed by atoms with Gasteiger partial charge in [-0.25, -0.2) is 4.57 Å². The minimum absolute atomic E-state index is 0. The number of benzene rings is 2. The van der Waals surface area contributed by atoms with E-state index in [-0.39, 0.29) is 46.0 Å². The maximum atomic E-state index is 12.1. The molecule has 1 atom stereocenters. The van der Waals surface area contributed by atoms with Gasteiger partial charge in [-0.2, -0.15) is 0 Å². The molecule has 0 fully saturated rings. The molecule has 0 saturated carbocycles. The van der Waals surface area contributed by atoms with Crippen LogP contribution in [-0.2, 0) is 4.57 Å². The molecular weight excluding hydrogens is 334 g/mol. The molecule has 0 bridgehead atoms. The number of phenolic OH excluding ortho intramolecular Hbond substituents is 1. The molecule has 0 amide bonds. The molecule has 1 unspecified atom stereocenters. The maximum absolute atomic E-state index is 12.1. The summed E-state index contributed by atoms with van der Waals surface area (Å²) in [5.41, 5.74) is 1.56.